The number of rotatable bonds is 4. The van der Waals surface area contributed by atoms with Gasteiger partial charge in [0, 0.05) is 32.2 Å². The molecule has 2 fully saturated rings. The van der Waals surface area contributed by atoms with E-state index < -0.39 is 17.9 Å². The van der Waals surface area contributed by atoms with Crippen molar-refractivity contribution >= 4 is 23.7 Å². The molecule has 2 N–H and O–H groups in total. The lowest BCUT2D eigenvalue weighted by Gasteiger charge is -2.37. The monoisotopic (exact) mass is 377 g/mol. The van der Waals surface area contributed by atoms with Crippen LogP contribution < -0.4 is 10.2 Å². The van der Waals surface area contributed by atoms with Gasteiger partial charge in [0.05, 0.1) is 12.1 Å². The average Bonchev–Trinajstić information content (AvgIpc) is 3.11. The number of nitrogens with zero attached hydrogens (tertiary/aromatic N) is 4. The number of likely N-dealkylation sites (tertiary alicyclic amines) is 1. The van der Waals surface area contributed by atoms with E-state index in [9.17, 15) is 19.5 Å². The van der Waals surface area contributed by atoms with Crippen LogP contribution >= 0.6 is 0 Å². The van der Waals surface area contributed by atoms with E-state index in [1.807, 2.05) is 13.8 Å². The van der Waals surface area contributed by atoms with Gasteiger partial charge in [0.25, 0.3) is 5.91 Å². The van der Waals surface area contributed by atoms with Gasteiger partial charge in [-0.3, -0.25) is 14.5 Å². The molecule has 1 aromatic rings. The van der Waals surface area contributed by atoms with E-state index >= 15 is 0 Å². The number of aromatic nitrogens is 2. The van der Waals surface area contributed by atoms with Crippen LogP contribution in [0.1, 0.15) is 33.1 Å². The zero-order valence-corrected chi connectivity index (χ0v) is 15.8. The molecule has 1 aromatic heterocycles. The summed E-state index contributed by atoms with van der Waals surface area (Å²) >= 11 is 0. The molecule has 3 rings (SSSR count). The SMILES string of the molecule is CCn1nccc1N1CCCC(NC(=O)N2CC(C)CC(C(=O)O)C2)C1=O. The number of carbonyl (C=O) groups is 3. The summed E-state index contributed by atoms with van der Waals surface area (Å²) in [6.07, 6.45) is 3.58. The number of carboxylic acid groups (broad SMARTS) is 1. The number of anilines is 1. The van der Waals surface area contributed by atoms with Crippen LogP contribution in [0.4, 0.5) is 10.6 Å². The molecule has 9 nitrogen and oxygen atoms in total. The van der Waals surface area contributed by atoms with Gasteiger partial charge in [-0.05, 0) is 32.1 Å². The Kier molecular flexibility index (Phi) is 5.67. The van der Waals surface area contributed by atoms with E-state index in [0.29, 0.717) is 32.5 Å². The number of aryl methyl sites for hydroxylation is 1. The molecule has 0 aromatic carbocycles. The van der Waals surface area contributed by atoms with E-state index in [1.165, 1.54) is 4.90 Å². The normalized spacial score (nSPS) is 26.1. The molecule has 148 valence electrons. The van der Waals surface area contributed by atoms with Gasteiger partial charge in [0.2, 0.25) is 0 Å². The molecule has 3 atom stereocenters. The van der Waals surface area contributed by atoms with E-state index in [-0.39, 0.29) is 24.4 Å². The van der Waals surface area contributed by atoms with E-state index in [0.717, 1.165) is 12.2 Å². The Labute approximate surface area is 158 Å². The van der Waals surface area contributed by atoms with Crippen molar-refractivity contribution in [1.82, 2.24) is 20.0 Å². The maximum Gasteiger partial charge on any atom is 0.318 e. The van der Waals surface area contributed by atoms with Crippen LogP contribution in [0.25, 0.3) is 0 Å². The lowest BCUT2D eigenvalue weighted by atomic mass is 9.91. The summed E-state index contributed by atoms with van der Waals surface area (Å²) in [6, 6.07) is 0.832. The van der Waals surface area contributed by atoms with E-state index in [4.69, 9.17) is 0 Å². The number of urea groups is 1. The molecule has 3 heterocycles. The van der Waals surface area contributed by atoms with Crippen molar-refractivity contribution in [2.24, 2.45) is 11.8 Å². The summed E-state index contributed by atoms with van der Waals surface area (Å²) in [6.45, 7) is 5.83. The van der Waals surface area contributed by atoms with Gasteiger partial charge < -0.3 is 15.3 Å². The standard InChI is InChI=1S/C18H27N5O4/c1-3-23-15(6-7-19-23)22-8-4-5-14(16(22)24)20-18(27)21-10-12(2)9-13(11-21)17(25)26/h6-7,12-14H,3-5,8-11H2,1-2H3,(H,20,27)(H,25,26). The van der Waals surface area contributed by atoms with Gasteiger partial charge in [0.15, 0.2) is 0 Å². The highest BCUT2D eigenvalue weighted by atomic mass is 16.4. The maximum absolute atomic E-state index is 12.9. The zero-order valence-electron chi connectivity index (χ0n) is 15.8. The lowest BCUT2D eigenvalue weighted by Crippen LogP contribution is -2.57. The van der Waals surface area contributed by atoms with E-state index in [2.05, 4.69) is 10.4 Å². The van der Waals surface area contributed by atoms with Crippen LogP contribution in [0.3, 0.4) is 0 Å². The minimum Gasteiger partial charge on any atom is -0.481 e. The molecule has 2 saturated heterocycles. The molecule has 0 spiro atoms. The Balaban J connectivity index is 1.67. The van der Waals surface area contributed by atoms with Gasteiger partial charge in [-0.15, -0.1) is 0 Å². The summed E-state index contributed by atoms with van der Waals surface area (Å²) in [4.78, 5) is 40.1. The van der Waals surface area contributed by atoms with Crippen LogP contribution in [-0.2, 0) is 16.1 Å². The van der Waals surface area contributed by atoms with Crippen molar-refractivity contribution in [3.05, 3.63) is 12.3 Å². The van der Waals surface area contributed by atoms with Crippen LogP contribution in [-0.4, -0.2) is 63.4 Å². The highest BCUT2D eigenvalue weighted by molar-refractivity contribution is 5.99. The second kappa shape index (κ2) is 7.98. The minimum atomic E-state index is -0.882. The first kappa shape index (κ1) is 19.2. The Morgan fingerprint density at radius 1 is 1.37 bits per heavy atom. The van der Waals surface area contributed by atoms with Crippen molar-refractivity contribution in [2.45, 2.75) is 45.7 Å². The minimum absolute atomic E-state index is 0.114. The highest BCUT2D eigenvalue weighted by Gasteiger charge is 2.36. The van der Waals surface area contributed by atoms with Crippen LogP contribution in [0, 0.1) is 11.8 Å². The van der Waals surface area contributed by atoms with Crippen molar-refractivity contribution in [1.29, 1.82) is 0 Å². The topological polar surface area (TPSA) is 108 Å². The van der Waals surface area contributed by atoms with Crippen LogP contribution in [0.2, 0.25) is 0 Å². The van der Waals surface area contributed by atoms with Crippen molar-refractivity contribution < 1.29 is 19.5 Å². The molecule has 9 heteroatoms. The van der Waals surface area contributed by atoms with Crippen molar-refractivity contribution in [3.63, 3.8) is 0 Å². The van der Waals surface area contributed by atoms with Crippen LogP contribution in [0.15, 0.2) is 12.3 Å². The largest absolute Gasteiger partial charge is 0.481 e. The Bertz CT molecular complexity index is 718. The number of hydrogen-bond donors (Lipinski definition) is 2. The quantitative estimate of drug-likeness (QED) is 0.818. The smallest absolute Gasteiger partial charge is 0.318 e. The number of hydrogen-bond acceptors (Lipinski definition) is 4. The van der Waals surface area contributed by atoms with Crippen molar-refractivity contribution in [2.75, 3.05) is 24.5 Å². The molecule has 2 aliphatic rings. The fourth-order valence-corrected chi connectivity index (χ4v) is 3.97. The highest BCUT2D eigenvalue weighted by Crippen LogP contribution is 2.23. The number of carboxylic acids is 1. The summed E-state index contributed by atoms with van der Waals surface area (Å²) in [5.41, 5.74) is 0. The number of piperidine rings is 2. The summed E-state index contributed by atoms with van der Waals surface area (Å²) in [7, 11) is 0. The summed E-state index contributed by atoms with van der Waals surface area (Å²) in [5, 5.41) is 16.3. The predicted octanol–water partition coefficient (Wildman–Crippen LogP) is 1.15. The van der Waals surface area contributed by atoms with Gasteiger partial charge >= 0.3 is 12.0 Å². The fourth-order valence-electron chi connectivity index (χ4n) is 3.97. The third-order valence-electron chi connectivity index (χ3n) is 5.30. The number of nitrogens with one attached hydrogen (secondary N) is 1. The van der Waals surface area contributed by atoms with Gasteiger partial charge in [0.1, 0.15) is 11.9 Å². The number of aliphatic carboxylic acids is 1. The fraction of sp³-hybridized carbons (Fsp3) is 0.667. The molecule has 2 aliphatic heterocycles. The number of amides is 3. The molecule has 0 bridgehead atoms. The molecule has 3 unspecified atom stereocenters. The van der Waals surface area contributed by atoms with Gasteiger partial charge in [-0.2, -0.15) is 5.10 Å². The van der Waals surface area contributed by atoms with Crippen LogP contribution in [0.5, 0.6) is 0 Å². The molecule has 0 saturated carbocycles. The first-order valence-electron chi connectivity index (χ1n) is 9.52. The molecule has 3 amide bonds. The van der Waals surface area contributed by atoms with Gasteiger partial charge in [-0.1, -0.05) is 6.92 Å². The van der Waals surface area contributed by atoms with Gasteiger partial charge in [-0.25, -0.2) is 9.48 Å². The Morgan fingerprint density at radius 3 is 2.85 bits per heavy atom. The average molecular weight is 377 g/mol. The molecular formula is C18H27N5O4. The first-order chi connectivity index (χ1) is 12.9. The Morgan fingerprint density at radius 2 is 2.15 bits per heavy atom. The molecule has 0 radical (unpaired) electrons. The zero-order chi connectivity index (χ0) is 19.6. The Hall–Kier alpha value is -2.58. The summed E-state index contributed by atoms with van der Waals surface area (Å²) < 4.78 is 1.76. The second-order valence-corrected chi connectivity index (χ2v) is 7.42. The molecular weight excluding hydrogens is 350 g/mol. The number of carbonyl (C=O) groups excluding carboxylic acids is 2. The predicted molar refractivity (Wildman–Crippen MR) is 98.3 cm³/mol. The molecule has 27 heavy (non-hydrogen) atoms. The van der Waals surface area contributed by atoms with Crippen molar-refractivity contribution in [3.8, 4) is 0 Å². The maximum atomic E-state index is 12.9. The molecule has 0 aliphatic carbocycles. The summed E-state index contributed by atoms with van der Waals surface area (Å²) in [5.74, 6) is -0.740. The first-order valence-corrected chi connectivity index (χ1v) is 9.52. The third kappa shape index (κ3) is 4.06. The lowest BCUT2D eigenvalue weighted by molar-refractivity contribution is -0.143. The third-order valence-corrected chi connectivity index (χ3v) is 5.30. The van der Waals surface area contributed by atoms with E-state index in [1.54, 1.807) is 21.8 Å². The second-order valence-electron chi connectivity index (χ2n) is 7.42.